The highest BCUT2D eigenvalue weighted by Gasteiger charge is 2.08. The second-order valence-corrected chi connectivity index (χ2v) is 4.48. The maximum Gasteiger partial charge on any atom is 0.122 e. The molecule has 0 atom stereocenters. The van der Waals surface area contributed by atoms with E-state index in [9.17, 15) is 0 Å². The topological polar surface area (TPSA) is 37.6 Å². The quantitative estimate of drug-likeness (QED) is 0.650. The van der Waals surface area contributed by atoms with E-state index in [-0.39, 0.29) is 0 Å². The van der Waals surface area contributed by atoms with Gasteiger partial charge in [-0.05, 0) is 33.0 Å². The van der Waals surface area contributed by atoms with Gasteiger partial charge in [-0.3, -0.25) is 4.90 Å². The lowest BCUT2D eigenvalue weighted by atomic mass is 10.2. The summed E-state index contributed by atoms with van der Waals surface area (Å²) in [5.74, 6) is 1.05. The standard InChI is InChI=1S/C14H26N2O2/c1-4-7-15-11-14-13(6-9-18-14)12-16(3)8-10-17-5-2/h6,9,15H,4-5,7-8,10-12H2,1-3H3. The summed E-state index contributed by atoms with van der Waals surface area (Å²) in [5.41, 5.74) is 1.26. The number of hydrogen-bond donors (Lipinski definition) is 1. The molecule has 0 aliphatic heterocycles. The largest absolute Gasteiger partial charge is 0.468 e. The first-order valence-corrected chi connectivity index (χ1v) is 6.80. The summed E-state index contributed by atoms with van der Waals surface area (Å²) in [6.45, 7) is 9.45. The van der Waals surface area contributed by atoms with Gasteiger partial charge in [-0.2, -0.15) is 0 Å². The molecule has 104 valence electrons. The minimum atomic E-state index is 0.783. The average Bonchev–Trinajstić information content (AvgIpc) is 2.77. The van der Waals surface area contributed by atoms with E-state index in [0.717, 1.165) is 51.6 Å². The van der Waals surface area contributed by atoms with Crippen LogP contribution in [-0.2, 0) is 17.8 Å². The highest BCUT2D eigenvalue weighted by molar-refractivity contribution is 5.16. The number of ether oxygens (including phenoxy) is 1. The van der Waals surface area contributed by atoms with Gasteiger partial charge in [0.15, 0.2) is 0 Å². The summed E-state index contributed by atoms with van der Waals surface area (Å²) in [6.07, 6.45) is 2.92. The van der Waals surface area contributed by atoms with Gasteiger partial charge in [-0.1, -0.05) is 6.92 Å². The van der Waals surface area contributed by atoms with Crippen molar-refractivity contribution >= 4 is 0 Å². The molecule has 1 heterocycles. The number of likely N-dealkylation sites (N-methyl/N-ethyl adjacent to an activating group) is 1. The van der Waals surface area contributed by atoms with Crippen molar-refractivity contribution < 1.29 is 9.15 Å². The van der Waals surface area contributed by atoms with Crippen LogP contribution in [0.5, 0.6) is 0 Å². The fourth-order valence-electron chi connectivity index (χ4n) is 1.78. The highest BCUT2D eigenvalue weighted by atomic mass is 16.5. The predicted octanol–water partition coefficient (Wildman–Crippen LogP) is 2.25. The molecule has 0 aliphatic rings. The highest BCUT2D eigenvalue weighted by Crippen LogP contribution is 2.12. The Hall–Kier alpha value is -0.840. The summed E-state index contributed by atoms with van der Waals surface area (Å²) in [4.78, 5) is 2.25. The van der Waals surface area contributed by atoms with Crippen molar-refractivity contribution in [2.75, 3.05) is 33.4 Å². The Labute approximate surface area is 110 Å². The molecule has 1 rings (SSSR count). The van der Waals surface area contributed by atoms with E-state index in [0.29, 0.717) is 0 Å². The number of nitrogens with one attached hydrogen (secondary N) is 1. The van der Waals surface area contributed by atoms with E-state index in [1.165, 1.54) is 5.56 Å². The molecular formula is C14H26N2O2. The van der Waals surface area contributed by atoms with E-state index in [2.05, 4.69) is 30.3 Å². The van der Waals surface area contributed by atoms with Crippen molar-refractivity contribution in [1.29, 1.82) is 0 Å². The maximum absolute atomic E-state index is 5.52. The van der Waals surface area contributed by atoms with Crippen LogP contribution in [-0.4, -0.2) is 38.3 Å². The van der Waals surface area contributed by atoms with Gasteiger partial charge in [0.25, 0.3) is 0 Å². The molecule has 0 aliphatic carbocycles. The van der Waals surface area contributed by atoms with Crippen LogP contribution in [0.15, 0.2) is 16.7 Å². The number of hydrogen-bond acceptors (Lipinski definition) is 4. The summed E-state index contributed by atoms with van der Waals surface area (Å²) < 4.78 is 10.9. The van der Waals surface area contributed by atoms with Gasteiger partial charge in [0.1, 0.15) is 5.76 Å². The number of rotatable bonds is 10. The SMILES string of the molecule is CCCNCc1occc1CN(C)CCOCC. The van der Waals surface area contributed by atoms with Crippen molar-refractivity contribution in [1.82, 2.24) is 10.2 Å². The Bertz CT molecular complexity index is 312. The Morgan fingerprint density at radius 1 is 1.39 bits per heavy atom. The molecule has 1 N–H and O–H groups in total. The van der Waals surface area contributed by atoms with Gasteiger partial charge >= 0.3 is 0 Å². The molecule has 0 radical (unpaired) electrons. The molecule has 0 fully saturated rings. The minimum Gasteiger partial charge on any atom is -0.468 e. The first-order valence-electron chi connectivity index (χ1n) is 6.80. The third-order valence-electron chi connectivity index (χ3n) is 2.81. The third kappa shape index (κ3) is 5.67. The zero-order valence-corrected chi connectivity index (χ0v) is 11.9. The van der Waals surface area contributed by atoms with Crippen LogP contribution in [0.4, 0.5) is 0 Å². The second-order valence-electron chi connectivity index (χ2n) is 4.48. The lowest BCUT2D eigenvalue weighted by Gasteiger charge is -2.16. The Morgan fingerprint density at radius 2 is 2.22 bits per heavy atom. The van der Waals surface area contributed by atoms with Crippen LogP contribution in [0.1, 0.15) is 31.6 Å². The molecule has 0 saturated carbocycles. The smallest absolute Gasteiger partial charge is 0.122 e. The van der Waals surface area contributed by atoms with E-state index in [1.807, 2.05) is 6.92 Å². The summed E-state index contributed by atoms with van der Waals surface area (Å²) >= 11 is 0. The molecule has 18 heavy (non-hydrogen) atoms. The Balaban J connectivity index is 2.34. The first-order chi connectivity index (χ1) is 8.77. The molecule has 0 unspecified atom stereocenters. The fraction of sp³-hybridized carbons (Fsp3) is 0.714. The fourth-order valence-corrected chi connectivity index (χ4v) is 1.78. The molecule has 4 nitrogen and oxygen atoms in total. The monoisotopic (exact) mass is 254 g/mol. The number of furan rings is 1. The summed E-state index contributed by atoms with van der Waals surface area (Å²) in [7, 11) is 2.11. The van der Waals surface area contributed by atoms with E-state index >= 15 is 0 Å². The van der Waals surface area contributed by atoms with E-state index < -0.39 is 0 Å². The van der Waals surface area contributed by atoms with Crippen LogP contribution in [0, 0.1) is 0 Å². The van der Waals surface area contributed by atoms with Crippen molar-refractivity contribution in [2.45, 2.75) is 33.4 Å². The normalized spacial score (nSPS) is 11.3. The predicted molar refractivity (Wildman–Crippen MR) is 73.5 cm³/mol. The molecule has 0 aromatic carbocycles. The third-order valence-corrected chi connectivity index (χ3v) is 2.81. The number of nitrogens with zero attached hydrogens (tertiary/aromatic N) is 1. The molecule has 1 aromatic rings. The maximum atomic E-state index is 5.52. The Morgan fingerprint density at radius 3 is 2.94 bits per heavy atom. The molecule has 1 aromatic heterocycles. The molecule has 0 spiro atoms. The van der Waals surface area contributed by atoms with Crippen LogP contribution < -0.4 is 5.32 Å². The lowest BCUT2D eigenvalue weighted by molar-refractivity contribution is 0.120. The minimum absolute atomic E-state index is 0.783. The van der Waals surface area contributed by atoms with Crippen molar-refractivity contribution in [3.8, 4) is 0 Å². The van der Waals surface area contributed by atoms with E-state index in [1.54, 1.807) is 6.26 Å². The molecule has 0 bridgehead atoms. The van der Waals surface area contributed by atoms with Crippen molar-refractivity contribution in [3.63, 3.8) is 0 Å². The van der Waals surface area contributed by atoms with Gasteiger partial charge in [0, 0.05) is 25.3 Å². The zero-order valence-electron chi connectivity index (χ0n) is 11.9. The van der Waals surface area contributed by atoms with Crippen LogP contribution in [0.25, 0.3) is 0 Å². The van der Waals surface area contributed by atoms with Crippen LogP contribution in [0.2, 0.25) is 0 Å². The van der Waals surface area contributed by atoms with Crippen molar-refractivity contribution in [2.24, 2.45) is 0 Å². The first kappa shape index (κ1) is 15.2. The lowest BCUT2D eigenvalue weighted by Crippen LogP contribution is -2.23. The van der Waals surface area contributed by atoms with Crippen molar-refractivity contribution in [3.05, 3.63) is 23.7 Å². The van der Waals surface area contributed by atoms with Crippen LogP contribution in [0.3, 0.4) is 0 Å². The van der Waals surface area contributed by atoms with Gasteiger partial charge in [-0.15, -0.1) is 0 Å². The summed E-state index contributed by atoms with van der Waals surface area (Å²) in [5, 5.41) is 3.37. The second kappa shape index (κ2) is 9.14. The molecule has 0 amide bonds. The van der Waals surface area contributed by atoms with Gasteiger partial charge in [-0.25, -0.2) is 0 Å². The van der Waals surface area contributed by atoms with Gasteiger partial charge < -0.3 is 14.5 Å². The van der Waals surface area contributed by atoms with Crippen LogP contribution >= 0.6 is 0 Å². The Kier molecular flexibility index (Phi) is 7.73. The summed E-state index contributed by atoms with van der Waals surface area (Å²) in [6, 6.07) is 2.06. The molecule has 4 heteroatoms. The van der Waals surface area contributed by atoms with Gasteiger partial charge in [0.2, 0.25) is 0 Å². The average molecular weight is 254 g/mol. The molecular weight excluding hydrogens is 228 g/mol. The van der Waals surface area contributed by atoms with Gasteiger partial charge in [0.05, 0.1) is 19.4 Å². The molecule has 0 saturated heterocycles. The van der Waals surface area contributed by atoms with E-state index in [4.69, 9.17) is 9.15 Å². The zero-order chi connectivity index (χ0) is 13.2.